The van der Waals surface area contributed by atoms with Gasteiger partial charge in [-0.1, -0.05) is 0 Å². The predicted molar refractivity (Wildman–Crippen MR) is 66.0 cm³/mol. The number of aliphatic hydroxyl groups excluding tert-OH is 1. The van der Waals surface area contributed by atoms with Gasteiger partial charge >= 0.3 is 0 Å². The number of Topliss-reactive ketones (excluding diaryl/α,β-unsaturated/α-hetero) is 1. The smallest absolute Gasteiger partial charge is 0.178 e. The van der Waals surface area contributed by atoms with Crippen LogP contribution in [0.2, 0.25) is 0 Å². The number of piperidine rings is 1. The van der Waals surface area contributed by atoms with Crippen LogP contribution in [0.3, 0.4) is 0 Å². The molecule has 1 aromatic heterocycles. The molecule has 1 aliphatic heterocycles. The molecule has 0 atom stereocenters. The first-order chi connectivity index (χ1) is 8.19. The summed E-state index contributed by atoms with van der Waals surface area (Å²) in [6, 6.07) is 1.86. The van der Waals surface area contributed by atoms with Crippen LogP contribution in [-0.2, 0) is 7.05 Å². The number of rotatable bonds is 4. The fourth-order valence-corrected chi connectivity index (χ4v) is 2.29. The van der Waals surface area contributed by atoms with Crippen molar-refractivity contribution in [1.82, 2.24) is 9.47 Å². The van der Waals surface area contributed by atoms with Gasteiger partial charge in [0.05, 0.1) is 6.54 Å². The van der Waals surface area contributed by atoms with E-state index in [1.807, 2.05) is 30.1 Å². The Bertz CT molecular complexity index is 379. The number of hydrogen-bond donors (Lipinski definition) is 1. The van der Waals surface area contributed by atoms with E-state index in [0.717, 1.165) is 31.5 Å². The van der Waals surface area contributed by atoms with E-state index in [4.69, 9.17) is 5.11 Å². The number of ketones is 1. The molecule has 1 saturated heterocycles. The summed E-state index contributed by atoms with van der Waals surface area (Å²) in [4.78, 5) is 14.2. The average Bonchev–Trinajstić information content (AvgIpc) is 2.77. The van der Waals surface area contributed by atoms with Crippen molar-refractivity contribution in [2.24, 2.45) is 13.0 Å². The van der Waals surface area contributed by atoms with Gasteiger partial charge in [-0.2, -0.15) is 0 Å². The zero-order chi connectivity index (χ0) is 12.3. The van der Waals surface area contributed by atoms with Crippen molar-refractivity contribution >= 4 is 5.78 Å². The Hall–Kier alpha value is -1.13. The standard InChI is InChI=1S/C13H20N2O2/c1-14-5-4-12(8-14)13(17)9-15-6-2-11(10-16)3-7-15/h4-5,8,11,16H,2-3,6-7,9-10H2,1H3. The second-order valence-corrected chi connectivity index (χ2v) is 4.89. The van der Waals surface area contributed by atoms with Crippen LogP contribution in [0, 0.1) is 5.92 Å². The van der Waals surface area contributed by atoms with E-state index in [0.29, 0.717) is 12.5 Å². The molecular weight excluding hydrogens is 216 g/mol. The normalized spacial score (nSPS) is 18.5. The summed E-state index contributed by atoms with van der Waals surface area (Å²) in [5.74, 6) is 0.617. The molecule has 0 spiro atoms. The number of hydrogen-bond acceptors (Lipinski definition) is 3. The lowest BCUT2D eigenvalue weighted by Crippen LogP contribution is -2.38. The van der Waals surface area contributed by atoms with Crippen molar-refractivity contribution in [1.29, 1.82) is 0 Å². The number of carbonyl (C=O) groups is 1. The van der Waals surface area contributed by atoms with Crippen LogP contribution in [0.15, 0.2) is 18.5 Å². The molecule has 2 rings (SSSR count). The second-order valence-electron chi connectivity index (χ2n) is 4.89. The van der Waals surface area contributed by atoms with E-state index < -0.39 is 0 Å². The van der Waals surface area contributed by atoms with Crippen molar-refractivity contribution in [3.63, 3.8) is 0 Å². The minimum atomic E-state index is 0.188. The van der Waals surface area contributed by atoms with Gasteiger partial charge in [0.2, 0.25) is 0 Å². The van der Waals surface area contributed by atoms with Crippen LogP contribution in [0.1, 0.15) is 23.2 Å². The van der Waals surface area contributed by atoms with Crippen LogP contribution in [-0.4, -0.2) is 46.6 Å². The highest BCUT2D eigenvalue weighted by Gasteiger charge is 2.20. The molecule has 1 fully saturated rings. The minimum absolute atomic E-state index is 0.188. The fraction of sp³-hybridized carbons (Fsp3) is 0.615. The van der Waals surface area contributed by atoms with Gasteiger partial charge in [-0.3, -0.25) is 9.69 Å². The maximum atomic E-state index is 12.0. The molecule has 2 heterocycles. The summed E-state index contributed by atoms with van der Waals surface area (Å²) in [5, 5.41) is 9.05. The minimum Gasteiger partial charge on any atom is -0.396 e. The largest absolute Gasteiger partial charge is 0.396 e. The van der Waals surface area contributed by atoms with Crippen LogP contribution >= 0.6 is 0 Å². The third kappa shape index (κ3) is 3.17. The number of aliphatic hydroxyl groups is 1. The molecule has 0 radical (unpaired) electrons. The highest BCUT2D eigenvalue weighted by molar-refractivity contribution is 5.97. The van der Waals surface area contributed by atoms with E-state index in [9.17, 15) is 4.79 Å². The van der Waals surface area contributed by atoms with Gasteiger partial charge < -0.3 is 9.67 Å². The van der Waals surface area contributed by atoms with Crippen LogP contribution < -0.4 is 0 Å². The summed E-state index contributed by atoms with van der Waals surface area (Å²) < 4.78 is 1.89. The Morgan fingerprint density at radius 3 is 2.71 bits per heavy atom. The number of nitrogens with zero attached hydrogens (tertiary/aromatic N) is 2. The number of likely N-dealkylation sites (tertiary alicyclic amines) is 1. The maximum Gasteiger partial charge on any atom is 0.178 e. The van der Waals surface area contributed by atoms with Crippen molar-refractivity contribution in [3.8, 4) is 0 Å². The second kappa shape index (κ2) is 5.47. The fourth-order valence-electron chi connectivity index (χ4n) is 2.29. The Morgan fingerprint density at radius 2 is 2.18 bits per heavy atom. The van der Waals surface area contributed by atoms with Crippen molar-refractivity contribution in [3.05, 3.63) is 24.0 Å². The molecule has 0 aliphatic carbocycles. The Morgan fingerprint density at radius 1 is 1.47 bits per heavy atom. The van der Waals surface area contributed by atoms with E-state index >= 15 is 0 Å². The van der Waals surface area contributed by atoms with E-state index in [1.165, 1.54) is 0 Å². The third-order valence-corrected chi connectivity index (χ3v) is 3.49. The van der Waals surface area contributed by atoms with Crippen LogP contribution in [0.5, 0.6) is 0 Å². The van der Waals surface area contributed by atoms with Gasteiger partial charge in [0.25, 0.3) is 0 Å². The molecule has 1 aromatic rings. The highest BCUT2D eigenvalue weighted by Crippen LogP contribution is 2.16. The molecule has 0 aromatic carbocycles. The van der Waals surface area contributed by atoms with Crippen molar-refractivity contribution in [2.75, 3.05) is 26.2 Å². The molecule has 1 N–H and O–H groups in total. The summed E-state index contributed by atoms with van der Waals surface area (Å²) >= 11 is 0. The summed E-state index contributed by atoms with van der Waals surface area (Å²) in [7, 11) is 1.92. The Labute approximate surface area is 102 Å². The first-order valence-electron chi connectivity index (χ1n) is 6.17. The molecule has 4 heteroatoms. The summed E-state index contributed by atoms with van der Waals surface area (Å²) in [6.07, 6.45) is 5.76. The number of aromatic nitrogens is 1. The molecular formula is C13H20N2O2. The molecule has 17 heavy (non-hydrogen) atoms. The summed E-state index contributed by atoms with van der Waals surface area (Å²) in [5.41, 5.74) is 0.789. The molecule has 0 saturated carbocycles. The van der Waals surface area contributed by atoms with E-state index in [1.54, 1.807) is 0 Å². The molecule has 0 unspecified atom stereocenters. The first-order valence-corrected chi connectivity index (χ1v) is 6.17. The molecule has 0 bridgehead atoms. The average molecular weight is 236 g/mol. The van der Waals surface area contributed by atoms with Crippen LogP contribution in [0.4, 0.5) is 0 Å². The lowest BCUT2D eigenvalue weighted by atomic mass is 9.97. The third-order valence-electron chi connectivity index (χ3n) is 3.49. The molecule has 0 amide bonds. The zero-order valence-electron chi connectivity index (χ0n) is 10.3. The Balaban J connectivity index is 1.84. The molecule has 1 aliphatic rings. The van der Waals surface area contributed by atoms with Crippen LogP contribution in [0.25, 0.3) is 0 Å². The molecule has 94 valence electrons. The van der Waals surface area contributed by atoms with Gasteiger partial charge in [-0.25, -0.2) is 0 Å². The van der Waals surface area contributed by atoms with Gasteiger partial charge in [-0.15, -0.1) is 0 Å². The molecule has 4 nitrogen and oxygen atoms in total. The first kappa shape index (κ1) is 12.3. The number of carbonyl (C=O) groups excluding carboxylic acids is 1. The van der Waals surface area contributed by atoms with Gasteiger partial charge in [0.1, 0.15) is 0 Å². The Kier molecular flexibility index (Phi) is 3.97. The van der Waals surface area contributed by atoms with Gasteiger partial charge in [-0.05, 0) is 37.9 Å². The van der Waals surface area contributed by atoms with E-state index in [2.05, 4.69) is 4.90 Å². The van der Waals surface area contributed by atoms with Crippen molar-refractivity contribution in [2.45, 2.75) is 12.8 Å². The number of aryl methyl sites for hydroxylation is 1. The monoisotopic (exact) mass is 236 g/mol. The lowest BCUT2D eigenvalue weighted by molar-refractivity contribution is 0.0864. The van der Waals surface area contributed by atoms with Crippen molar-refractivity contribution < 1.29 is 9.90 Å². The quantitative estimate of drug-likeness (QED) is 0.790. The predicted octanol–water partition coefficient (Wildman–Crippen LogP) is 0.912. The SMILES string of the molecule is Cn1ccc(C(=O)CN2CCC(CO)CC2)c1. The van der Waals surface area contributed by atoms with E-state index in [-0.39, 0.29) is 12.4 Å². The lowest BCUT2D eigenvalue weighted by Gasteiger charge is -2.30. The zero-order valence-corrected chi connectivity index (χ0v) is 10.3. The highest BCUT2D eigenvalue weighted by atomic mass is 16.3. The topological polar surface area (TPSA) is 45.5 Å². The summed E-state index contributed by atoms with van der Waals surface area (Å²) in [6.45, 7) is 2.62. The van der Waals surface area contributed by atoms with Gasteiger partial charge in [0.15, 0.2) is 5.78 Å². The maximum absolute atomic E-state index is 12.0. The van der Waals surface area contributed by atoms with Gasteiger partial charge in [0, 0.05) is 31.6 Å².